The summed E-state index contributed by atoms with van der Waals surface area (Å²) in [6.45, 7) is -1.41. The molecule has 14 heavy (non-hydrogen) atoms. The summed E-state index contributed by atoms with van der Waals surface area (Å²) in [7, 11) is 1.03. The molecule has 0 unspecified atom stereocenters. The molecule has 0 atom stereocenters. The molecule has 0 bridgehead atoms. The first kappa shape index (κ1) is 10.6. The van der Waals surface area contributed by atoms with E-state index in [1.807, 2.05) is 0 Å². The largest absolute Gasteiger partial charge is 0.490 e. The van der Waals surface area contributed by atoms with Gasteiger partial charge in [0.2, 0.25) is 18.4 Å². The molecule has 0 N–H and O–H groups in total. The summed E-state index contributed by atoms with van der Waals surface area (Å²) in [4.78, 5) is 0. The Morgan fingerprint density at radius 2 is 1.79 bits per heavy atom. The molecule has 6 heteroatoms. The summed E-state index contributed by atoms with van der Waals surface area (Å²) in [6.07, 6.45) is 0. The van der Waals surface area contributed by atoms with Crippen LogP contribution in [0.2, 0.25) is 0 Å². The number of rotatable bonds is 3. The van der Waals surface area contributed by atoms with Gasteiger partial charge in [0.25, 0.3) is 0 Å². The maximum Gasteiger partial charge on any atom is 0.228 e. The van der Waals surface area contributed by atoms with E-state index in [4.69, 9.17) is 0 Å². The monoisotopic (exact) mass is 210 g/mol. The van der Waals surface area contributed by atoms with Crippen LogP contribution in [-0.2, 0) is 0 Å². The van der Waals surface area contributed by atoms with Crippen LogP contribution >= 0.6 is 0 Å². The maximum atomic E-state index is 12.9. The van der Waals surface area contributed by atoms with Crippen LogP contribution in [0.3, 0.4) is 0 Å². The molecule has 0 heterocycles. The molecular weight excluding hydrogens is 204 g/mol. The molecule has 0 aliphatic carbocycles. The van der Waals surface area contributed by atoms with Gasteiger partial charge in [0.15, 0.2) is 17.4 Å². The van der Waals surface area contributed by atoms with Gasteiger partial charge < -0.3 is 9.47 Å². The van der Waals surface area contributed by atoms with Crippen LogP contribution in [0.4, 0.5) is 17.6 Å². The van der Waals surface area contributed by atoms with Gasteiger partial charge in [0.05, 0.1) is 7.11 Å². The van der Waals surface area contributed by atoms with E-state index in [1.54, 1.807) is 0 Å². The molecule has 0 aromatic heterocycles. The Bertz CT molecular complexity index is 341. The average molecular weight is 210 g/mol. The number of alkyl halides is 1. The highest BCUT2D eigenvalue weighted by atomic mass is 19.2. The minimum atomic E-state index is -1.49. The van der Waals surface area contributed by atoms with E-state index in [0.29, 0.717) is 6.07 Å². The highest BCUT2D eigenvalue weighted by Gasteiger charge is 2.20. The fraction of sp³-hybridized carbons (Fsp3) is 0.250. The van der Waals surface area contributed by atoms with Crippen molar-refractivity contribution in [3.05, 3.63) is 23.5 Å². The Balaban J connectivity index is 3.32. The fourth-order valence-electron chi connectivity index (χ4n) is 0.930. The second-order valence-electron chi connectivity index (χ2n) is 2.27. The van der Waals surface area contributed by atoms with E-state index in [-0.39, 0.29) is 0 Å². The number of benzene rings is 1. The summed E-state index contributed by atoms with van der Waals surface area (Å²) in [6, 6.07) is 0.291. The van der Waals surface area contributed by atoms with E-state index in [2.05, 4.69) is 9.47 Å². The molecule has 1 rings (SSSR count). The zero-order valence-corrected chi connectivity index (χ0v) is 7.11. The van der Waals surface area contributed by atoms with Crippen molar-refractivity contribution in [3.8, 4) is 11.5 Å². The van der Waals surface area contributed by atoms with Crippen LogP contribution in [0.25, 0.3) is 0 Å². The molecule has 0 radical (unpaired) electrons. The first-order chi connectivity index (χ1) is 6.61. The third-order valence-electron chi connectivity index (χ3n) is 1.49. The second kappa shape index (κ2) is 4.17. The SMILES string of the molecule is COc1c(F)cc(F)c(F)c1OCF. The Morgan fingerprint density at radius 3 is 2.29 bits per heavy atom. The van der Waals surface area contributed by atoms with Crippen LogP contribution < -0.4 is 9.47 Å². The van der Waals surface area contributed by atoms with Crippen LogP contribution in [0.15, 0.2) is 6.07 Å². The number of hydrogen-bond donors (Lipinski definition) is 0. The standard InChI is InChI=1S/C8H6F4O2/c1-13-7-5(11)2-4(10)6(12)8(7)14-3-9/h2H,3H2,1H3. The summed E-state index contributed by atoms with van der Waals surface area (Å²) >= 11 is 0. The zero-order valence-electron chi connectivity index (χ0n) is 7.11. The third-order valence-corrected chi connectivity index (χ3v) is 1.49. The summed E-state index contributed by atoms with van der Waals surface area (Å²) in [5, 5.41) is 0. The molecule has 1 aromatic carbocycles. The highest BCUT2D eigenvalue weighted by Crippen LogP contribution is 2.34. The number of halogens is 4. The lowest BCUT2D eigenvalue weighted by atomic mass is 10.3. The Morgan fingerprint density at radius 1 is 1.14 bits per heavy atom. The third kappa shape index (κ3) is 1.73. The molecule has 78 valence electrons. The van der Waals surface area contributed by atoms with Crippen molar-refractivity contribution in [2.75, 3.05) is 14.0 Å². The molecule has 0 fully saturated rings. The first-order valence-corrected chi connectivity index (χ1v) is 3.52. The topological polar surface area (TPSA) is 18.5 Å². The smallest absolute Gasteiger partial charge is 0.228 e. The van der Waals surface area contributed by atoms with Crippen molar-refractivity contribution in [2.24, 2.45) is 0 Å². The van der Waals surface area contributed by atoms with Crippen LogP contribution in [0.1, 0.15) is 0 Å². The number of hydrogen-bond acceptors (Lipinski definition) is 2. The van der Waals surface area contributed by atoms with Crippen molar-refractivity contribution in [1.82, 2.24) is 0 Å². The summed E-state index contributed by atoms with van der Waals surface area (Å²) in [5.74, 6) is -5.68. The van der Waals surface area contributed by atoms with Gasteiger partial charge in [-0.3, -0.25) is 0 Å². The Labute approximate surface area is 77.1 Å². The molecule has 0 saturated carbocycles. The second-order valence-corrected chi connectivity index (χ2v) is 2.27. The Kier molecular flexibility index (Phi) is 3.16. The van der Waals surface area contributed by atoms with E-state index < -0.39 is 35.8 Å². The summed E-state index contributed by atoms with van der Waals surface area (Å²) in [5.41, 5.74) is 0. The fourth-order valence-corrected chi connectivity index (χ4v) is 0.930. The van der Waals surface area contributed by atoms with Crippen LogP contribution in [0, 0.1) is 17.5 Å². The normalized spacial score (nSPS) is 10.1. The predicted octanol–water partition coefficient (Wildman–Crippen LogP) is 2.42. The molecule has 2 nitrogen and oxygen atoms in total. The van der Waals surface area contributed by atoms with Crippen molar-refractivity contribution in [2.45, 2.75) is 0 Å². The van der Waals surface area contributed by atoms with E-state index >= 15 is 0 Å². The first-order valence-electron chi connectivity index (χ1n) is 3.52. The maximum absolute atomic E-state index is 12.9. The van der Waals surface area contributed by atoms with Gasteiger partial charge in [-0.15, -0.1) is 0 Å². The van der Waals surface area contributed by atoms with Crippen LogP contribution in [-0.4, -0.2) is 14.0 Å². The minimum absolute atomic E-state index is 0.291. The molecule has 0 amide bonds. The minimum Gasteiger partial charge on any atom is -0.490 e. The van der Waals surface area contributed by atoms with Crippen LogP contribution in [0.5, 0.6) is 11.5 Å². The highest BCUT2D eigenvalue weighted by molar-refractivity contribution is 5.42. The lowest BCUT2D eigenvalue weighted by Gasteiger charge is -2.09. The van der Waals surface area contributed by atoms with Crippen molar-refractivity contribution in [1.29, 1.82) is 0 Å². The van der Waals surface area contributed by atoms with Gasteiger partial charge >= 0.3 is 0 Å². The number of ether oxygens (including phenoxy) is 2. The van der Waals surface area contributed by atoms with E-state index in [9.17, 15) is 17.6 Å². The zero-order chi connectivity index (χ0) is 10.7. The molecule has 0 aliphatic rings. The molecule has 0 aliphatic heterocycles. The van der Waals surface area contributed by atoms with Gasteiger partial charge in [0.1, 0.15) is 0 Å². The molecule has 1 aromatic rings. The average Bonchev–Trinajstić information content (AvgIpc) is 2.14. The Hall–Kier alpha value is -1.46. The van der Waals surface area contributed by atoms with Gasteiger partial charge in [-0.05, 0) is 0 Å². The quantitative estimate of drug-likeness (QED) is 0.563. The van der Waals surface area contributed by atoms with Gasteiger partial charge in [0, 0.05) is 6.07 Å². The van der Waals surface area contributed by atoms with Crippen molar-refractivity contribution in [3.63, 3.8) is 0 Å². The van der Waals surface area contributed by atoms with Crippen molar-refractivity contribution < 1.29 is 27.0 Å². The van der Waals surface area contributed by atoms with E-state index in [0.717, 1.165) is 7.11 Å². The number of methoxy groups -OCH3 is 1. The molecule has 0 saturated heterocycles. The van der Waals surface area contributed by atoms with Crippen molar-refractivity contribution >= 4 is 0 Å². The lowest BCUT2D eigenvalue weighted by molar-refractivity contribution is 0.173. The molecular formula is C8H6F4O2. The van der Waals surface area contributed by atoms with Gasteiger partial charge in [-0.1, -0.05) is 0 Å². The van der Waals surface area contributed by atoms with Gasteiger partial charge in [-0.25, -0.2) is 13.2 Å². The summed E-state index contributed by atoms with van der Waals surface area (Å²) < 4.78 is 58.6. The molecule has 0 spiro atoms. The lowest BCUT2D eigenvalue weighted by Crippen LogP contribution is -2.02. The predicted molar refractivity (Wildman–Crippen MR) is 39.5 cm³/mol. The van der Waals surface area contributed by atoms with E-state index in [1.165, 1.54) is 0 Å². The van der Waals surface area contributed by atoms with Gasteiger partial charge in [-0.2, -0.15) is 4.39 Å².